The van der Waals surface area contributed by atoms with Gasteiger partial charge in [0, 0.05) is 34.3 Å². The number of pyridine rings is 1. The van der Waals surface area contributed by atoms with Crippen molar-refractivity contribution in [3.8, 4) is 0 Å². The Kier molecular flexibility index (Phi) is 4.69. The van der Waals surface area contributed by atoms with Gasteiger partial charge in [-0.05, 0) is 36.8 Å². The molecule has 23 heavy (non-hydrogen) atoms. The first-order chi connectivity index (χ1) is 11.1. The van der Waals surface area contributed by atoms with Crippen molar-refractivity contribution >= 4 is 34.0 Å². The second-order valence-corrected chi connectivity index (χ2v) is 6.54. The van der Waals surface area contributed by atoms with Crippen molar-refractivity contribution in [1.29, 1.82) is 0 Å². The Morgan fingerprint density at radius 1 is 1.17 bits per heavy atom. The summed E-state index contributed by atoms with van der Waals surface area (Å²) >= 11 is 7.39. The van der Waals surface area contributed by atoms with Gasteiger partial charge in [-0.25, -0.2) is 4.98 Å². The fraction of sp³-hybridized carbons (Fsp3) is 0.118. The Bertz CT molecular complexity index is 816. The van der Waals surface area contributed by atoms with Crippen molar-refractivity contribution in [2.45, 2.75) is 13.3 Å². The average Bonchev–Trinajstić information content (AvgIpc) is 2.90. The number of hydrogen-bond donors (Lipinski definition) is 1. The smallest absolute Gasteiger partial charge is 0.257 e. The van der Waals surface area contributed by atoms with Crippen LogP contribution in [-0.2, 0) is 6.42 Å². The first kappa shape index (κ1) is 15.6. The number of halogens is 1. The first-order valence-electron chi connectivity index (χ1n) is 7.04. The van der Waals surface area contributed by atoms with Crippen LogP contribution < -0.4 is 5.32 Å². The summed E-state index contributed by atoms with van der Waals surface area (Å²) in [4.78, 5) is 21.6. The summed E-state index contributed by atoms with van der Waals surface area (Å²) in [5.41, 5.74) is 2.65. The van der Waals surface area contributed by atoms with E-state index in [2.05, 4.69) is 15.3 Å². The summed E-state index contributed by atoms with van der Waals surface area (Å²) < 4.78 is 0. The summed E-state index contributed by atoms with van der Waals surface area (Å²) in [6, 6.07) is 11.1. The number of rotatable bonds is 4. The van der Waals surface area contributed by atoms with Crippen LogP contribution in [0.2, 0.25) is 5.02 Å². The molecule has 2 heterocycles. The van der Waals surface area contributed by atoms with Crippen molar-refractivity contribution in [2.24, 2.45) is 0 Å². The van der Waals surface area contributed by atoms with Gasteiger partial charge in [0.05, 0.1) is 5.69 Å². The molecule has 2 aromatic heterocycles. The summed E-state index contributed by atoms with van der Waals surface area (Å²) in [7, 11) is 0. The molecule has 0 saturated carbocycles. The zero-order chi connectivity index (χ0) is 16.2. The average molecular weight is 344 g/mol. The van der Waals surface area contributed by atoms with Crippen LogP contribution in [-0.4, -0.2) is 15.9 Å². The highest BCUT2D eigenvalue weighted by Gasteiger charge is 2.12. The van der Waals surface area contributed by atoms with Gasteiger partial charge in [0.25, 0.3) is 5.91 Å². The van der Waals surface area contributed by atoms with Crippen molar-refractivity contribution in [3.63, 3.8) is 0 Å². The number of nitrogens with one attached hydrogen (secondary N) is 1. The minimum atomic E-state index is -0.181. The van der Waals surface area contributed by atoms with Gasteiger partial charge < -0.3 is 0 Å². The van der Waals surface area contributed by atoms with E-state index in [9.17, 15) is 4.79 Å². The lowest BCUT2D eigenvalue weighted by atomic mass is 10.1. The molecule has 1 amide bonds. The molecule has 0 atom stereocenters. The van der Waals surface area contributed by atoms with Gasteiger partial charge in [-0.3, -0.25) is 15.1 Å². The number of nitrogens with zero attached hydrogens (tertiary/aromatic N) is 2. The zero-order valence-electron chi connectivity index (χ0n) is 12.4. The van der Waals surface area contributed by atoms with Gasteiger partial charge in [0.15, 0.2) is 5.13 Å². The Labute approximate surface area is 143 Å². The first-order valence-corrected chi connectivity index (χ1v) is 8.23. The lowest BCUT2D eigenvalue weighted by Crippen LogP contribution is -2.11. The van der Waals surface area contributed by atoms with Crippen LogP contribution in [0.1, 0.15) is 26.5 Å². The van der Waals surface area contributed by atoms with Crippen LogP contribution in [0.4, 0.5) is 5.13 Å². The van der Waals surface area contributed by atoms with Gasteiger partial charge in [-0.15, -0.1) is 11.3 Å². The van der Waals surface area contributed by atoms with Crippen molar-refractivity contribution in [2.75, 3.05) is 5.32 Å². The maximum Gasteiger partial charge on any atom is 0.257 e. The fourth-order valence-electron chi connectivity index (χ4n) is 2.11. The number of aryl methyl sites for hydroxylation is 1. The lowest BCUT2D eigenvalue weighted by molar-refractivity contribution is 0.102. The van der Waals surface area contributed by atoms with E-state index < -0.39 is 0 Å². The second-order valence-electron chi connectivity index (χ2n) is 5.02. The number of anilines is 1. The fourth-order valence-corrected chi connectivity index (χ4v) is 3.22. The largest absolute Gasteiger partial charge is 0.298 e. The molecular weight excluding hydrogens is 330 g/mol. The van der Waals surface area contributed by atoms with E-state index in [1.165, 1.54) is 11.3 Å². The maximum absolute atomic E-state index is 12.1. The predicted molar refractivity (Wildman–Crippen MR) is 93.3 cm³/mol. The normalized spacial score (nSPS) is 10.5. The van der Waals surface area contributed by atoms with Gasteiger partial charge in [-0.1, -0.05) is 23.7 Å². The SMILES string of the molecule is Cc1nc(NC(=O)c2ccncc2)sc1Cc1ccc(Cl)cc1. The van der Waals surface area contributed by atoms with Crippen molar-refractivity contribution in [3.05, 3.63) is 75.5 Å². The molecule has 0 aliphatic carbocycles. The predicted octanol–water partition coefficient (Wildman–Crippen LogP) is 4.34. The summed E-state index contributed by atoms with van der Waals surface area (Å²) in [6.07, 6.45) is 3.95. The van der Waals surface area contributed by atoms with Gasteiger partial charge in [0.1, 0.15) is 0 Å². The van der Waals surface area contributed by atoms with Crippen LogP contribution in [0.3, 0.4) is 0 Å². The molecule has 1 aromatic carbocycles. The quantitative estimate of drug-likeness (QED) is 0.766. The number of carbonyl (C=O) groups excluding carboxylic acids is 1. The van der Waals surface area contributed by atoms with Gasteiger partial charge >= 0.3 is 0 Å². The molecule has 0 spiro atoms. The van der Waals surface area contributed by atoms with E-state index >= 15 is 0 Å². The van der Waals surface area contributed by atoms with Crippen LogP contribution in [0.5, 0.6) is 0 Å². The third kappa shape index (κ3) is 3.94. The third-order valence-electron chi connectivity index (χ3n) is 3.33. The number of thiazole rings is 1. The molecule has 0 fully saturated rings. The van der Waals surface area contributed by atoms with E-state index in [0.29, 0.717) is 10.7 Å². The Balaban J connectivity index is 1.73. The highest BCUT2D eigenvalue weighted by molar-refractivity contribution is 7.15. The highest BCUT2D eigenvalue weighted by atomic mass is 35.5. The number of hydrogen-bond acceptors (Lipinski definition) is 4. The number of carbonyl (C=O) groups is 1. The molecule has 0 unspecified atom stereocenters. The molecule has 4 nitrogen and oxygen atoms in total. The number of aromatic nitrogens is 2. The van der Waals surface area contributed by atoms with Crippen molar-refractivity contribution < 1.29 is 4.79 Å². The molecule has 0 saturated heterocycles. The molecular formula is C17H14ClN3OS. The summed E-state index contributed by atoms with van der Waals surface area (Å²) in [5.74, 6) is -0.181. The standard InChI is InChI=1S/C17H14ClN3OS/c1-11-15(10-12-2-4-14(18)5-3-12)23-17(20-11)21-16(22)13-6-8-19-9-7-13/h2-9H,10H2,1H3,(H,20,21,22). The Hall–Kier alpha value is -2.24. The maximum atomic E-state index is 12.1. The molecule has 3 aromatic rings. The Morgan fingerprint density at radius 3 is 2.57 bits per heavy atom. The van der Waals surface area contributed by atoms with E-state index in [1.54, 1.807) is 24.5 Å². The number of benzene rings is 1. The Morgan fingerprint density at radius 2 is 1.87 bits per heavy atom. The topological polar surface area (TPSA) is 54.9 Å². The van der Waals surface area contributed by atoms with Crippen LogP contribution in [0.15, 0.2) is 48.8 Å². The molecule has 3 rings (SSSR count). The molecule has 1 N–H and O–H groups in total. The van der Waals surface area contributed by atoms with Crippen LogP contribution in [0, 0.1) is 6.92 Å². The molecule has 116 valence electrons. The van der Waals surface area contributed by atoms with Crippen molar-refractivity contribution in [1.82, 2.24) is 9.97 Å². The van der Waals surface area contributed by atoms with Gasteiger partial charge in [0.2, 0.25) is 0 Å². The third-order valence-corrected chi connectivity index (χ3v) is 4.66. The monoisotopic (exact) mass is 343 g/mol. The molecule has 0 aliphatic rings. The van der Waals surface area contributed by atoms with E-state index in [0.717, 1.165) is 27.6 Å². The van der Waals surface area contributed by atoms with Crippen LogP contribution in [0.25, 0.3) is 0 Å². The summed E-state index contributed by atoms with van der Waals surface area (Å²) in [6.45, 7) is 1.95. The summed E-state index contributed by atoms with van der Waals surface area (Å²) in [5, 5.41) is 4.16. The van der Waals surface area contributed by atoms with E-state index in [-0.39, 0.29) is 5.91 Å². The molecule has 0 aliphatic heterocycles. The second kappa shape index (κ2) is 6.89. The van der Waals surface area contributed by atoms with Crippen LogP contribution >= 0.6 is 22.9 Å². The minimum Gasteiger partial charge on any atom is -0.298 e. The van der Waals surface area contributed by atoms with Gasteiger partial charge in [-0.2, -0.15) is 0 Å². The molecule has 0 bridgehead atoms. The van der Waals surface area contributed by atoms with E-state index in [1.807, 2.05) is 31.2 Å². The zero-order valence-corrected chi connectivity index (χ0v) is 14.0. The molecule has 6 heteroatoms. The lowest BCUT2D eigenvalue weighted by Gasteiger charge is -2.00. The minimum absolute atomic E-state index is 0.181. The van der Waals surface area contributed by atoms with E-state index in [4.69, 9.17) is 11.6 Å². The molecule has 0 radical (unpaired) electrons. The highest BCUT2D eigenvalue weighted by Crippen LogP contribution is 2.26. The number of amides is 1.